The van der Waals surface area contributed by atoms with Crippen molar-refractivity contribution in [2.45, 2.75) is 123 Å². The first kappa shape index (κ1) is 30.6. The number of amides is 1. The molecule has 9 heteroatoms. The summed E-state index contributed by atoms with van der Waals surface area (Å²) in [6.45, 7) is 21.0. The van der Waals surface area contributed by atoms with E-state index in [0.29, 0.717) is 16.6 Å². The molecule has 34 heavy (non-hydrogen) atoms. The van der Waals surface area contributed by atoms with E-state index in [-0.39, 0.29) is 25.4 Å². The molecule has 0 aliphatic carbocycles. The van der Waals surface area contributed by atoms with Crippen LogP contribution >= 0.6 is 0 Å². The molecule has 1 unspecified atom stereocenters. The van der Waals surface area contributed by atoms with Crippen LogP contribution in [0.4, 0.5) is 4.79 Å². The number of Topliss-reactive ketones (excluding diaryl/α,β-unsaturated/α-hetero) is 1. The number of nitrogens with zero attached hydrogens (tertiary/aromatic N) is 1. The highest BCUT2D eigenvalue weighted by atomic mass is 28.4. The number of likely N-dealkylation sites (tertiary alicyclic amines) is 1. The first-order chi connectivity index (χ1) is 15.5. The number of hydrogen-bond donors (Lipinski definition) is 1. The molecule has 0 aromatic rings. The van der Waals surface area contributed by atoms with E-state index < -0.39 is 50.1 Å². The van der Waals surface area contributed by atoms with Crippen LogP contribution in [0, 0.1) is 5.92 Å². The Bertz CT molecular complexity index is 695. The largest absolute Gasteiger partial charge is 0.465 e. The van der Waals surface area contributed by atoms with E-state index in [9.17, 15) is 19.5 Å². The molecular formula is C25H47NO7Si. The lowest BCUT2D eigenvalue weighted by Crippen LogP contribution is -2.55. The Labute approximate surface area is 206 Å². The Morgan fingerprint density at radius 2 is 1.50 bits per heavy atom. The molecule has 4 atom stereocenters. The maximum Gasteiger partial charge on any atom is 0.411 e. The highest BCUT2D eigenvalue weighted by Crippen LogP contribution is 2.43. The fourth-order valence-corrected chi connectivity index (χ4v) is 11.1. The van der Waals surface area contributed by atoms with E-state index in [1.165, 1.54) is 18.7 Å². The van der Waals surface area contributed by atoms with Crippen LogP contribution in [0.15, 0.2) is 0 Å². The Balaban J connectivity index is 3.34. The lowest BCUT2D eigenvalue weighted by atomic mass is 9.95. The average Bonchev–Trinajstić information content (AvgIpc) is 3.04. The zero-order chi connectivity index (χ0) is 26.6. The normalized spacial score (nSPS) is 22.4. The van der Waals surface area contributed by atoms with Gasteiger partial charge in [-0.05, 0) is 50.7 Å². The van der Waals surface area contributed by atoms with Crippen molar-refractivity contribution in [1.29, 1.82) is 0 Å². The van der Waals surface area contributed by atoms with Gasteiger partial charge in [-0.2, -0.15) is 0 Å². The van der Waals surface area contributed by atoms with E-state index >= 15 is 0 Å². The van der Waals surface area contributed by atoms with E-state index in [2.05, 4.69) is 41.5 Å². The maximum atomic E-state index is 13.2. The summed E-state index contributed by atoms with van der Waals surface area (Å²) in [6.07, 6.45) is -1.45. The van der Waals surface area contributed by atoms with Crippen molar-refractivity contribution >= 4 is 26.2 Å². The van der Waals surface area contributed by atoms with Crippen molar-refractivity contribution in [3.05, 3.63) is 0 Å². The van der Waals surface area contributed by atoms with Gasteiger partial charge in [0, 0.05) is 12.8 Å². The third-order valence-electron chi connectivity index (χ3n) is 6.85. The molecule has 0 radical (unpaired) electrons. The molecule has 1 amide bonds. The van der Waals surface area contributed by atoms with Crippen molar-refractivity contribution in [3.63, 3.8) is 0 Å². The topological polar surface area (TPSA) is 102 Å². The highest BCUT2D eigenvalue weighted by molar-refractivity contribution is 6.77. The molecule has 1 N–H and O–H groups in total. The standard InChI is InChI=1S/C25H47NO7Si/c1-15(2)34(16(3)4,17(5)6)32-14-22(29)23-20(13-31-19(8)28)12-21(18(7)27)26(23)24(30)33-25(9,10)11/h15-17,20-23,29H,12-14H2,1-11H3/t20-,21+,22?,23+/m0/s1. The highest BCUT2D eigenvalue weighted by Gasteiger charge is 2.52. The first-order valence-corrected chi connectivity index (χ1v) is 14.6. The van der Waals surface area contributed by atoms with Gasteiger partial charge in [0.1, 0.15) is 5.60 Å². The number of esters is 1. The minimum absolute atomic E-state index is 0.00124. The van der Waals surface area contributed by atoms with Gasteiger partial charge in [-0.25, -0.2) is 4.79 Å². The summed E-state index contributed by atoms with van der Waals surface area (Å²) in [5.41, 5.74) is 0.207. The van der Waals surface area contributed by atoms with Gasteiger partial charge in [0.15, 0.2) is 14.1 Å². The zero-order valence-electron chi connectivity index (χ0n) is 23.0. The maximum absolute atomic E-state index is 13.2. The number of carbonyl (C=O) groups is 3. The van der Waals surface area contributed by atoms with Crippen LogP contribution in [-0.4, -0.2) is 73.2 Å². The van der Waals surface area contributed by atoms with Crippen molar-refractivity contribution < 1.29 is 33.4 Å². The van der Waals surface area contributed by atoms with Crippen LogP contribution in [-0.2, 0) is 23.5 Å². The van der Waals surface area contributed by atoms with Crippen LogP contribution in [0.2, 0.25) is 16.6 Å². The SMILES string of the molecule is CC(=O)OC[C@@H]1C[C@H](C(C)=O)N(C(=O)OC(C)(C)C)[C@H]1C(O)CO[Si](C(C)C)(C(C)C)C(C)C. The smallest absolute Gasteiger partial charge is 0.411 e. The summed E-state index contributed by atoms with van der Waals surface area (Å²) >= 11 is 0. The third-order valence-corrected chi connectivity index (χ3v) is 12.9. The molecule has 1 aliphatic rings. The van der Waals surface area contributed by atoms with Crippen molar-refractivity contribution in [2.24, 2.45) is 5.92 Å². The second-order valence-corrected chi connectivity index (χ2v) is 17.0. The van der Waals surface area contributed by atoms with E-state index in [4.69, 9.17) is 13.9 Å². The Hall–Kier alpha value is -1.45. The summed E-state index contributed by atoms with van der Waals surface area (Å²) in [5.74, 6) is -1.08. The Morgan fingerprint density at radius 3 is 1.88 bits per heavy atom. The molecule has 0 bridgehead atoms. The fourth-order valence-electron chi connectivity index (χ4n) is 5.62. The number of ketones is 1. The fraction of sp³-hybridized carbons (Fsp3) is 0.880. The van der Waals surface area contributed by atoms with E-state index in [1.807, 2.05) is 0 Å². The van der Waals surface area contributed by atoms with Crippen LogP contribution in [0.1, 0.15) is 82.6 Å². The molecule has 8 nitrogen and oxygen atoms in total. The quantitative estimate of drug-likeness (QED) is 0.342. The van der Waals surface area contributed by atoms with Gasteiger partial charge in [0.2, 0.25) is 0 Å². The summed E-state index contributed by atoms with van der Waals surface area (Å²) in [5, 5.41) is 11.4. The summed E-state index contributed by atoms with van der Waals surface area (Å²) in [4.78, 5) is 38.5. The molecule has 198 valence electrons. The van der Waals surface area contributed by atoms with Gasteiger partial charge in [-0.15, -0.1) is 0 Å². The number of hydrogen-bond acceptors (Lipinski definition) is 7. The Kier molecular flexibility index (Phi) is 10.8. The van der Waals surface area contributed by atoms with Gasteiger partial charge >= 0.3 is 12.1 Å². The van der Waals surface area contributed by atoms with Crippen LogP contribution in [0.25, 0.3) is 0 Å². The minimum Gasteiger partial charge on any atom is -0.465 e. The van der Waals surface area contributed by atoms with Crippen molar-refractivity contribution in [2.75, 3.05) is 13.2 Å². The number of carbonyl (C=O) groups excluding carboxylic acids is 3. The van der Waals surface area contributed by atoms with Crippen LogP contribution in [0.3, 0.4) is 0 Å². The predicted octanol–water partition coefficient (Wildman–Crippen LogP) is 4.69. The molecule has 1 saturated heterocycles. The number of ether oxygens (including phenoxy) is 2. The van der Waals surface area contributed by atoms with Gasteiger partial charge in [-0.1, -0.05) is 41.5 Å². The van der Waals surface area contributed by atoms with Gasteiger partial charge in [0.25, 0.3) is 0 Å². The summed E-state index contributed by atoms with van der Waals surface area (Å²) < 4.78 is 17.5. The lowest BCUT2D eigenvalue weighted by molar-refractivity contribution is -0.143. The molecule has 1 heterocycles. The Morgan fingerprint density at radius 1 is 1.00 bits per heavy atom. The van der Waals surface area contributed by atoms with Crippen LogP contribution in [0.5, 0.6) is 0 Å². The molecule has 0 aromatic carbocycles. The predicted molar refractivity (Wildman–Crippen MR) is 134 cm³/mol. The van der Waals surface area contributed by atoms with Crippen LogP contribution < -0.4 is 0 Å². The number of rotatable bonds is 10. The average molecular weight is 502 g/mol. The molecule has 1 rings (SSSR count). The van der Waals surface area contributed by atoms with E-state index in [0.717, 1.165) is 0 Å². The van der Waals surface area contributed by atoms with Crippen molar-refractivity contribution in [1.82, 2.24) is 4.90 Å². The monoisotopic (exact) mass is 501 g/mol. The molecule has 1 aliphatic heterocycles. The lowest BCUT2D eigenvalue weighted by Gasteiger charge is -2.43. The molecule has 0 aromatic heterocycles. The van der Waals surface area contributed by atoms with Gasteiger partial charge in [0.05, 0.1) is 31.4 Å². The first-order valence-electron chi connectivity index (χ1n) is 12.4. The number of aliphatic hydroxyl groups excluding tert-OH is 1. The third kappa shape index (κ3) is 7.27. The second-order valence-electron chi connectivity index (χ2n) is 11.5. The van der Waals surface area contributed by atoms with Gasteiger partial charge < -0.3 is 19.0 Å². The minimum atomic E-state index is -2.27. The number of aliphatic hydroxyl groups is 1. The van der Waals surface area contributed by atoms with Gasteiger partial charge in [-0.3, -0.25) is 14.5 Å². The van der Waals surface area contributed by atoms with Crippen molar-refractivity contribution in [3.8, 4) is 0 Å². The summed E-state index contributed by atoms with van der Waals surface area (Å²) in [6, 6.07) is -1.54. The molecule has 0 saturated carbocycles. The molecule has 0 spiro atoms. The second kappa shape index (κ2) is 12.0. The molecular weight excluding hydrogens is 454 g/mol. The molecule has 1 fully saturated rings. The summed E-state index contributed by atoms with van der Waals surface area (Å²) in [7, 11) is -2.27. The van der Waals surface area contributed by atoms with E-state index in [1.54, 1.807) is 20.8 Å². The zero-order valence-corrected chi connectivity index (χ0v) is 24.0.